The lowest BCUT2D eigenvalue weighted by Gasteiger charge is -2.40. The molecule has 1 aromatic rings. The molecule has 1 fully saturated rings. The first-order chi connectivity index (χ1) is 9.01. The van der Waals surface area contributed by atoms with Crippen LogP contribution in [0.2, 0.25) is 0 Å². The van der Waals surface area contributed by atoms with Gasteiger partial charge in [0.05, 0.1) is 11.6 Å². The van der Waals surface area contributed by atoms with Gasteiger partial charge in [-0.15, -0.1) is 0 Å². The van der Waals surface area contributed by atoms with Crippen molar-refractivity contribution in [2.24, 2.45) is 11.1 Å². The largest absolute Gasteiger partial charge is 0.460 e. The molecule has 4 heteroatoms. The minimum Gasteiger partial charge on any atom is -0.460 e. The van der Waals surface area contributed by atoms with E-state index in [0.717, 1.165) is 18.5 Å². The van der Waals surface area contributed by atoms with Gasteiger partial charge in [-0.05, 0) is 32.4 Å². The van der Waals surface area contributed by atoms with Gasteiger partial charge in [0.25, 0.3) is 0 Å². The maximum absolute atomic E-state index is 12.2. The monoisotopic (exact) mass is 262 g/mol. The summed E-state index contributed by atoms with van der Waals surface area (Å²) in [6.45, 7) is 3.12. The Morgan fingerprint density at radius 2 is 2.16 bits per heavy atom. The average Bonchev–Trinajstić information content (AvgIpc) is 2.42. The zero-order valence-corrected chi connectivity index (χ0v) is 11.6. The van der Waals surface area contributed by atoms with Gasteiger partial charge in [0.15, 0.2) is 0 Å². The van der Waals surface area contributed by atoms with Crippen LogP contribution >= 0.6 is 0 Å². The number of hydrogen-bond donors (Lipinski definition) is 1. The van der Waals surface area contributed by atoms with Gasteiger partial charge in [0, 0.05) is 6.54 Å². The van der Waals surface area contributed by atoms with Crippen LogP contribution in [-0.2, 0) is 16.1 Å². The summed E-state index contributed by atoms with van der Waals surface area (Å²) in [5, 5.41) is 0. The summed E-state index contributed by atoms with van der Waals surface area (Å²) in [7, 11) is 1.99. The molecule has 4 nitrogen and oxygen atoms in total. The highest BCUT2D eigenvalue weighted by atomic mass is 16.5. The van der Waals surface area contributed by atoms with E-state index in [1.807, 2.05) is 44.3 Å². The highest BCUT2D eigenvalue weighted by Gasteiger charge is 2.40. The second-order valence-corrected chi connectivity index (χ2v) is 5.62. The van der Waals surface area contributed by atoms with Gasteiger partial charge in [0.2, 0.25) is 0 Å². The molecule has 2 atom stereocenters. The fourth-order valence-corrected chi connectivity index (χ4v) is 2.39. The maximum atomic E-state index is 12.2. The van der Waals surface area contributed by atoms with Gasteiger partial charge in [-0.3, -0.25) is 9.69 Å². The second-order valence-electron chi connectivity index (χ2n) is 5.62. The predicted molar refractivity (Wildman–Crippen MR) is 74.2 cm³/mol. The van der Waals surface area contributed by atoms with Crippen LogP contribution in [0.5, 0.6) is 0 Å². The van der Waals surface area contributed by atoms with Crippen LogP contribution in [0, 0.1) is 5.41 Å². The van der Waals surface area contributed by atoms with Crippen molar-refractivity contribution in [3.05, 3.63) is 35.9 Å². The summed E-state index contributed by atoms with van der Waals surface area (Å²) >= 11 is 0. The van der Waals surface area contributed by atoms with Crippen LogP contribution in [0.3, 0.4) is 0 Å². The van der Waals surface area contributed by atoms with Gasteiger partial charge in [-0.25, -0.2) is 0 Å². The van der Waals surface area contributed by atoms with Gasteiger partial charge in [0.1, 0.15) is 6.61 Å². The van der Waals surface area contributed by atoms with Crippen molar-refractivity contribution in [1.29, 1.82) is 0 Å². The van der Waals surface area contributed by atoms with Crippen molar-refractivity contribution in [2.45, 2.75) is 32.5 Å². The number of rotatable bonds is 3. The first-order valence-electron chi connectivity index (χ1n) is 6.68. The number of esters is 1. The summed E-state index contributed by atoms with van der Waals surface area (Å²) in [6, 6.07) is 9.74. The highest BCUT2D eigenvalue weighted by molar-refractivity contribution is 5.76. The number of likely N-dealkylation sites (tertiary alicyclic amines) is 1. The molecule has 19 heavy (non-hydrogen) atoms. The molecule has 2 unspecified atom stereocenters. The van der Waals surface area contributed by atoms with E-state index in [0.29, 0.717) is 13.0 Å². The van der Waals surface area contributed by atoms with Gasteiger partial charge in [-0.1, -0.05) is 30.3 Å². The fourth-order valence-electron chi connectivity index (χ4n) is 2.39. The molecule has 1 aliphatic rings. The Kier molecular flexibility index (Phi) is 4.22. The van der Waals surface area contributed by atoms with E-state index in [1.165, 1.54) is 0 Å². The lowest BCUT2D eigenvalue weighted by atomic mass is 9.79. The molecule has 0 aromatic heterocycles. The Labute approximate surface area is 114 Å². The fraction of sp³-hybridized carbons (Fsp3) is 0.533. The summed E-state index contributed by atoms with van der Waals surface area (Å²) in [4.78, 5) is 14.3. The van der Waals surface area contributed by atoms with Crippen molar-refractivity contribution in [3.8, 4) is 0 Å². The number of hydrogen-bond acceptors (Lipinski definition) is 4. The SMILES string of the molecule is CN1CCC(C)(C(=O)OCc2ccccc2)CC1N. The van der Waals surface area contributed by atoms with Crippen LogP contribution in [-0.4, -0.2) is 30.6 Å². The smallest absolute Gasteiger partial charge is 0.312 e. The first-order valence-corrected chi connectivity index (χ1v) is 6.68. The number of nitrogens with zero attached hydrogens (tertiary/aromatic N) is 1. The molecule has 0 spiro atoms. The van der Waals surface area contributed by atoms with E-state index in [4.69, 9.17) is 10.5 Å². The zero-order chi connectivity index (χ0) is 13.9. The summed E-state index contributed by atoms with van der Waals surface area (Å²) in [5.41, 5.74) is 6.57. The van der Waals surface area contributed by atoms with Crippen molar-refractivity contribution >= 4 is 5.97 Å². The number of carbonyl (C=O) groups excluding carboxylic acids is 1. The number of ether oxygens (including phenoxy) is 1. The molecule has 1 saturated heterocycles. The zero-order valence-electron chi connectivity index (χ0n) is 11.6. The third-order valence-corrected chi connectivity index (χ3v) is 3.95. The van der Waals surface area contributed by atoms with E-state index in [9.17, 15) is 4.79 Å². The van der Waals surface area contributed by atoms with Gasteiger partial charge >= 0.3 is 5.97 Å². The van der Waals surface area contributed by atoms with Crippen molar-refractivity contribution in [1.82, 2.24) is 4.90 Å². The Morgan fingerprint density at radius 3 is 2.79 bits per heavy atom. The van der Waals surface area contributed by atoms with E-state index < -0.39 is 5.41 Å². The Bertz CT molecular complexity index is 435. The molecule has 104 valence electrons. The molecule has 2 N–H and O–H groups in total. The topological polar surface area (TPSA) is 55.6 Å². The minimum atomic E-state index is -0.458. The van der Waals surface area contributed by atoms with Crippen LogP contribution < -0.4 is 5.73 Å². The Hall–Kier alpha value is -1.39. The minimum absolute atomic E-state index is 0.0666. The molecule has 0 bridgehead atoms. The molecule has 0 amide bonds. The van der Waals surface area contributed by atoms with Gasteiger partial charge in [-0.2, -0.15) is 0 Å². The summed E-state index contributed by atoms with van der Waals surface area (Å²) in [5.74, 6) is -0.139. The molecular weight excluding hydrogens is 240 g/mol. The van der Waals surface area contributed by atoms with Crippen LogP contribution in [0.15, 0.2) is 30.3 Å². The molecule has 1 aromatic carbocycles. The summed E-state index contributed by atoms with van der Waals surface area (Å²) < 4.78 is 5.44. The number of piperidine rings is 1. The van der Waals surface area contributed by atoms with E-state index >= 15 is 0 Å². The first kappa shape index (κ1) is 14.0. The molecule has 2 rings (SSSR count). The van der Waals surface area contributed by atoms with Crippen molar-refractivity contribution in [3.63, 3.8) is 0 Å². The van der Waals surface area contributed by atoms with E-state index in [2.05, 4.69) is 4.90 Å². The highest BCUT2D eigenvalue weighted by Crippen LogP contribution is 2.33. The summed E-state index contributed by atoms with van der Waals surface area (Å²) in [6.07, 6.45) is 1.38. The third kappa shape index (κ3) is 3.33. The van der Waals surface area contributed by atoms with E-state index in [1.54, 1.807) is 0 Å². The quantitative estimate of drug-likeness (QED) is 0.843. The number of nitrogens with two attached hydrogens (primary N) is 1. The van der Waals surface area contributed by atoms with Crippen LogP contribution in [0.1, 0.15) is 25.3 Å². The number of benzene rings is 1. The predicted octanol–water partition coefficient (Wildman–Crippen LogP) is 1.75. The molecule has 1 heterocycles. The molecule has 0 radical (unpaired) electrons. The maximum Gasteiger partial charge on any atom is 0.312 e. The van der Waals surface area contributed by atoms with Crippen LogP contribution in [0.25, 0.3) is 0 Å². The standard InChI is InChI=1S/C15H22N2O2/c1-15(8-9-17(2)13(16)10-15)14(18)19-11-12-6-4-3-5-7-12/h3-7,13H,8-11,16H2,1-2H3. The second kappa shape index (κ2) is 5.72. The van der Waals surface area contributed by atoms with E-state index in [-0.39, 0.29) is 12.1 Å². The van der Waals surface area contributed by atoms with Crippen molar-refractivity contribution in [2.75, 3.05) is 13.6 Å². The molecule has 0 saturated carbocycles. The Balaban J connectivity index is 1.92. The number of carbonyl (C=O) groups is 1. The Morgan fingerprint density at radius 1 is 1.47 bits per heavy atom. The van der Waals surface area contributed by atoms with Crippen LogP contribution in [0.4, 0.5) is 0 Å². The third-order valence-electron chi connectivity index (χ3n) is 3.95. The van der Waals surface area contributed by atoms with Gasteiger partial charge < -0.3 is 10.5 Å². The molecular formula is C15H22N2O2. The van der Waals surface area contributed by atoms with Crippen molar-refractivity contribution < 1.29 is 9.53 Å². The molecule has 0 aliphatic carbocycles. The lowest BCUT2D eigenvalue weighted by Crippen LogP contribution is -2.51. The lowest BCUT2D eigenvalue weighted by molar-refractivity contribution is -0.160. The molecule has 1 aliphatic heterocycles. The average molecular weight is 262 g/mol. The normalized spacial score (nSPS) is 28.1.